The van der Waals surface area contributed by atoms with Crippen LogP contribution in [0, 0.1) is 5.92 Å². The van der Waals surface area contributed by atoms with Crippen molar-refractivity contribution >= 4 is 5.78 Å². The van der Waals surface area contributed by atoms with Crippen LogP contribution in [0.25, 0.3) is 0 Å². The number of ketones is 1. The molecule has 7 heteroatoms. The van der Waals surface area contributed by atoms with E-state index in [4.69, 9.17) is 9.47 Å². The molecular formula is C21H20F3NO3. The van der Waals surface area contributed by atoms with E-state index in [1.807, 2.05) is 18.2 Å². The van der Waals surface area contributed by atoms with Crippen LogP contribution in [0.3, 0.4) is 0 Å². The molecule has 0 bridgehead atoms. The summed E-state index contributed by atoms with van der Waals surface area (Å²) >= 11 is 0. The summed E-state index contributed by atoms with van der Waals surface area (Å²) in [5.41, 5.74) is 0.323. The number of hydrogen-bond donors (Lipinski definition) is 0. The van der Waals surface area contributed by atoms with Crippen LogP contribution in [-0.4, -0.2) is 30.6 Å². The van der Waals surface area contributed by atoms with E-state index in [2.05, 4.69) is 4.90 Å². The quantitative estimate of drug-likeness (QED) is 0.718. The summed E-state index contributed by atoms with van der Waals surface area (Å²) in [6.45, 7) is 2.15. The van der Waals surface area contributed by atoms with Gasteiger partial charge in [-0.05, 0) is 37.6 Å². The topological polar surface area (TPSA) is 38.8 Å². The molecule has 0 saturated carbocycles. The number of Topliss-reactive ketones (excluding diaryl/α,β-unsaturated/α-hetero) is 1. The lowest BCUT2D eigenvalue weighted by Crippen LogP contribution is -2.38. The number of carbonyl (C=O) groups excluding carboxylic acids is 1. The number of alkyl halides is 3. The highest BCUT2D eigenvalue weighted by molar-refractivity contribution is 5.98. The number of fused-ring (bicyclic) bond motifs is 1. The van der Waals surface area contributed by atoms with E-state index in [-0.39, 0.29) is 24.1 Å². The second-order valence-electron chi connectivity index (χ2n) is 7.17. The van der Waals surface area contributed by atoms with E-state index in [0.29, 0.717) is 25.3 Å². The summed E-state index contributed by atoms with van der Waals surface area (Å²) in [4.78, 5) is 15.0. The highest BCUT2D eigenvalue weighted by atomic mass is 19.4. The van der Waals surface area contributed by atoms with Crippen molar-refractivity contribution in [3.63, 3.8) is 0 Å². The third-order valence-corrected chi connectivity index (χ3v) is 5.22. The van der Waals surface area contributed by atoms with Gasteiger partial charge in [0.05, 0.1) is 5.56 Å². The molecule has 4 rings (SSSR count). The molecule has 0 radical (unpaired) electrons. The SMILES string of the molecule is O=C(c1cccc(C(F)(F)F)c1)C1CCCN(Cc2cccc3c2OCO3)C1. The molecule has 2 aromatic rings. The molecule has 2 aliphatic heterocycles. The maximum absolute atomic E-state index is 12.9. The third kappa shape index (κ3) is 3.85. The van der Waals surface area contributed by atoms with Gasteiger partial charge in [0, 0.05) is 30.1 Å². The van der Waals surface area contributed by atoms with Gasteiger partial charge in [0.1, 0.15) is 0 Å². The zero-order valence-electron chi connectivity index (χ0n) is 15.2. The second kappa shape index (κ2) is 7.47. The van der Waals surface area contributed by atoms with Crippen molar-refractivity contribution in [3.05, 3.63) is 59.2 Å². The minimum absolute atomic E-state index is 0.124. The number of hydrogen-bond acceptors (Lipinski definition) is 4. The molecule has 0 amide bonds. The predicted molar refractivity (Wildman–Crippen MR) is 96.3 cm³/mol. The number of para-hydroxylation sites is 1. The highest BCUT2D eigenvalue weighted by Crippen LogP contribution is 2.36. The lowest BCUT2D eigenvalue weighted by molar-refractivity contribution is -0.137. The number of nitrogens with zero attached hydrogens (tertiary/aromatic N) is 1. The standard InChI is InChI=1S/C21H20F3NO3/c22-21(23,24)17-7-1-4-14(10-17)19(26)15-6-3-9-25(11-15)12-16-5-2-8-18-20(16)28-13-27-18/h1-2,4-5,7-8,10,15H,3,6,9,11-13H2. The maximum Gasteiger partial charge on any atom is 0.416 e. The summed E-state index contributed by atoms with van der Waals surface area (Å²) in [6, 6.07) is 10.4. The Hall–Kier alpha value is -2.54. The number of halogens is 3. The Labute approximate surface area is 160 Å². The van der Waals surface area contributed by atoms with Gasteiger partial charge in [-0.3, -0.25) is 9.69 Å². The van der Waals surface area contributed by atoms with Crippen molar-refractivity contribution in [3.8, 4) is 11.5 Å². The van der Waals surface area contributed by atoms with Gasteiger partial charge < -0.3 is 9.47 Å². The largest absolute Gasteiger partial charge is 0.454 e. The van der Waals surface area contributed by atoms with Gasteiger partial charge in [-0.1, -0.05) is 24.3 Å². The number of ether oxygens (including phenoxy) is 2. The second-order valence-corrected chi connectivity index (χ2v) is 7.17. The molecule has 0 spiro atoms. The number of carbonyl (C=O) groups is 1. The predicted octanol–water partition coefficient (Wildman–Crippen LogP) is 4.53. The Morgan fingerprint density at radius 3 is 2.79 bits per heavy atom. The van der Waals surface area contributed by atoms with Gasteiger partial charge in [-0.15, -0.1) is 0 Å². The molecule has 1 atom stereocenters. The van der Waals surface area contributed by atoms with E-state index in [9.17, 15) is 18.0 Å². The van der Waals surface area contributed by atoms with Crippen LogP contribution in [-0.2, 0) is 12.7 Å². The lowest BCUT2D eigenvalue weighted by atomic mass is 9.89. The Morgan fingerprint density at radius 2 is 1.96 bits per heavy atom. The van der Waals surface area contributed by atoms with E-state index in [1.165, 1.54) is 12.1 Å². The number of benzene rings is 2. The number of likely N-dealkylation sites (tertiary alicyclic amines) is 1. The van der Waals surface area contributed by atoms with E-state index in [1.54, 1.807) is 0 Å². The molecule has 28 heavy (non-hydrogen) atoms. The van der Waals surface area contributed by atoms with Crippen LogP contribution < -0.4 is 9.47 Å². The number of rotatable bonds is 4. The van der Waals surface area contributed by atoms with Crippen LogP contribution in [0.5, 0.6) is 11.5 Å². The third-order valence-electron chi connectivity index (χ3n) is 5.22. The minimum atomic E-state index is -4.45. The van der Waals surface area contributed by atoms with Crippen molar-refractivity contribution < 1.29 is 27.4 Å². The van der Waals surface area contributed by atoms with Crippen LogP contribution in [0.4, 0.5) is 13.2 Å². The van der Waals surface area contributed by atoms with Crippen molar-refractivity contribution in [1.82, 2.24) is 4.90 Å². The van der Waals surface area contributed by atoms with Crippen LogP contribution in [0.15, 0.2) is 42.5 Å². The molecule has 4 nitrogen and oxygen atoms in total. The molecule has 2 aliphatic rings. The number of piperidine rings is 1. The molecule has 1 unspecified atom stereocenters. The van der Waals surface area contributed by atoms with Gasteiger partial charge >= 0.3 is 6.18 Å². The first-order valence-electron chi connectivity index (χ1n) is 9.23. The fraction of sp³-hybridized carbons (Fsp3) is 0.381. The summed E-state index contributed by atoms with van der Waals surface area (Å²) < 4.78 is 49.8. The van der Waals surface area contributed by atoms with Crippen LogP contribution >= 0.6 is 0 Å². The molecule has 0 N–H and O–H groups in total. The Morgan fingerprint density at radius 1 is 1.14 bits per heavy atom. The first-order valence-corrected chi connectivity index (χ1v) is 9.23. The van der Waals surface area contributed by atoms with Gasteiger partial charge in [0.15, 0.2) is 17.3 Å². The van der Waals surface area contributed by atoms with E-state index < -0.39 is 11.7 Å². The average molecular weight is 391 g/mol. The summed E-state index contributed by atoms with van der Waals surface area (Å²) in [5.74, 6) is 0.903. The maximum atomic E-state index is 12.9. The van der Waals surface area contributed by atoms with Crippen molar-refractivity contribution in [2.45, 2.75) is 25.6 Å². The Kier molecular flexibility index (Phi) is 5.02. The minimum Gasteiger partial charge on any atom is -0.454 e. The molecule has 0 aromatic heterocycles. The van der Waals surface area contributed by atoms with Crippen molar-refractivity contribution in [2.24, 2.45) is 5.92 Å². The zero-order valence-corrected chi connectivity index (χ0v) is 15.2. The molecule has 148 valence electrons. The monoisotopic (exact) mass is 391 g/mol. The summed E-state index contributed by atoms with van der Waals surface area (Å²) in [7, 11) is 0. The lowest BCUT2D eigenvalue weighted by Gasteiger charge is -2.32. The highest BCUT2D eigenvalue weighted by Gasteiger charge is 2.32. The Bertz CT molecular complexity index is 881. The van der Waals surface area contributed by atoms with Crippen molar-refractivity contribution in [1.29, 1.82) is 0 Å². The average Bonchev–Trinajstić information content (AvgIpc) is 3.17. The molecule has 2 aromatic carbocycles. The van der Waals surface area contributed by atoms with Gasteiger partial charge in [-0.2, -0.15) is 13.2 Å². The van der Waals surface area contributed by atoms with E-state index >= 15 is 0 Å². The Balaban J connectivity index is 1.47. The van der Waals surface area contributed by atoms with Crippen LogP contribution in [0.2, 0.25) is 0 Å². The molecule has 2 heterocycles. The molecule has 1 saturated heterocycles. The smallest absolute Gasteiger partial charge is 0.416 e. The summed E-state index contributed by atoms with van der Waals surface area (Å²) in [6.07, 6.45) is -2.95. The first kappa shape index (κ1) is 18.8. The zero-order chi connectivity index (χ0) is 19.7. The van der Waals surface area contributed by atoms with Gasteiger partial charge in [0.25, 0.3) is 0 Å². The fourth-order valence-electron chi connectivity index (χ4n) is 3.85. The normalized spacial score (nSPS) is 19.6. The molecule has 0 aliphatic carbocycles. The van der Waals surface area contributed by atoms with Crippen LogP contribution in [0.1, 0.15) is 34.3 Å². The van der Waals surface area contributed by atoms with E-state index in [0.717, 1.165) is 36.4 Å². The molecular weight excluding hydrogens is 371 g/mol. The molecule has 1 fully saturated rings. The summed E-state index contributed by atoms with van der Waals surface area (Å²) in [5, 5.41) is 0. The fourth-order valence-corrected chi connectivity index (χ4v) is 3.85. The van der Waals surface area contributed by atoms with Gasteiger partial charge in [-0.25, -0.2) is 0 Å². The first-order chi connectivity index (χ1) is 13.4. The van der Waals surface area contributed by atoms with Crippen molar-refractivity contribution in [2.75, 3.05) is 19.9 Å². The van der Waals surface area contributed by atoms with Gasteiger partial charge in [0.2, 0.25) is 6.79 Å².